The Morgan fingerprint density at radius 2 is 1.77 bits per heavy atom. The van der Waals surface area contributed by atoms with Crippen LogP contribution < -0.4 is 5.32 Å². The second-order valence-electron chi connectivity index (χ2n) is 9.03. The number of nitrogens with zero attached hydrogens (tertiary/aromatic N) is 4. The highest BCUT2D eigenvalue weighted by molar-refractivity contribution is 7.99. The van der Waals surface area contributed by atoms with Crippen LogP contribution in [0.5, 0.6) is 0 Å². The van der Waals surface area contributed by atoms with Crippen molar-refractivity contribution < 1.29 is 14.3 Å². The molecule has 0 spiro atoms. The van der Waals surface area contributed by atoms with Crippen molar-refractivity contribution in [1.29, 1.82) is 0 Å². The molecule has 3 heterocycles. The van der Waals surface area contributed by atoms with E-state index in [-0.39, 0.29) is 18.3 Å². The molecule has 5 aromatic rings. The quantitative estimate of drug-likeness (QED) is 0.154. The molecule has 0 aliphatic rings. The standard InChI is InChI=1S/C30H29N5O3S2/c1-5-35-27(22-16-24(20-12-8-7-9-13-20)31-23-15-11-10-14-21(22)23)33-34-30(35)39-17-25(36)32-28-26(29(37)38-6-2)18(3)19(4)40-28/h7-16H,5-6,17H2,1-4H3,(H,32,36). The van der Waals surface area contributed by atoms with Crippen molar-refractivity contribution in [3.8, 4) is 22.6 Å². The number of amides is 1. The summed E-state index contributed by atoms with van der Waals surface area (Å²) in [5.41, 5.74) is 4.91. The van der Waals surface area contributed by atoms with E-state index in [4.69, 9.17) is 9.72 Å². The number of thiophene rings is 1. The number of aryl methyl sites for hydroxylation is 1. The number of hydrogen-bond acceptors (Lipinski definition) is 8. The molecule has 0 bridgehead atoms. The lowest BCUT2D eigenvalue weighted by molar-refractivity contribution is -0.113. The Morgan fingerprint density at radius 1 is 1.02 bits per heavy atom. The fourth-order valence-electron chi connectivity index (χ4n) is 4.45. The predicted octanol–water partition coefficient (Wildman–Crippen LogP) is 6.77. The molecule has 204 valence electrons. The third-order valence-corrected chi connectivity index (χ3v) is 8.60. The van der Waals surface area contributed by atoms with Gasteiger partial charge in [0.2, 0.25) is 5.91 Å². The number of anilines is 1. The first kappa shape index (κ1) is 27.5. The normalized spacial score (nSPS) is 11.1. The Morgan fingerprint density at radius 3 is 2.52 bits per heavy atom. The van der Waals surface area contributed by atoms with E-state index in [1.165, 1.54) is 23.1 Å². The van der Waals surface area contributed by atoms with Crippen LogP contribution in [-0.4, -0.2) is 44.0 Å². The molecule has 0 unspecified atom stereocenters. The summed E-state index contributed by atoms with van der Waals surface area (Å²) in [6.07, 6.45) is 0. The Balaban J connectivity index is 1.41. The van der Waals surface area contributed by atoms with Gasteiger partial charge in [0.1, 0.15) is 5.00 Å². The van der Waals surface area contributed by atoms with Gasteiger partial charge < -0.3 is 14.6 Å². The lowest BCUT2D eigenvalue weighted by Gasteiger charge is -2.12. The maximum Gasteiger partial charge on any atom is 0.341 e. The van der Waals surface area contributed by atoms with Gasteiger partial charge in [-0.15, -0.1) is 21.5 Å². The van der Waals surface area contributed by atoms with Crippen LogP contribution in [0.1, 0.15) is 34.6 Å². The number of ether oxygens (including phenoxy) is 1. The molecule has 5 rings (SSSR count). The number of rotatable bonds is 9. The number of fused-ring (bicyclic) bond motifs is 1. The van der Waals surface area contributed by atoms with E-state index in [0.29, 0.717) is 22.3 Å². The molecular weight excluding hydrogens is 542 g/mol. The number of thioether (sulfide) groups is 1. The van der Waals surface area contributed by atoms with Gasteiger partial charge in [-0.3, -0.25) is 4.79 Å². The van der Waals surface area contributed by atoms with Crippen LogP contribution in [0.15, 0.2) is 65.8 Å². The van der Waals surface area contributed by atoms with Gasteiger partial charge in [-0.25, -0.2) is 9.78 Å². The van der Waals surface area contributed by atoms with E-state index in [1.807, 2.05) is 86.0 Å². The van der Waals surface area contributed by atoms with E-state index >= 15 is 0 Å². The van der Waals surface area contributed by atoms with Crippen LogP contribution in [0, 0.1) is 13.8 Å². The number of carbonyl (C=O) groups excluding carboxylic acids is 2. The van der Waals surface area contributed by atoms with Gasteiger partial charge in [0, 0.05) is 27.9 Å². The molecule has 0 saturated carbocycles. The van der Waals surface area contributed by atoms with Gasteiger partial charge in [-0.05, 0) is 45.4 Å². The summed E-state index contributed by atoms with van der Waals surface area (Å²) in [4.78, 5) is 31.3. The predicted molar refractivity (Wildman–Crippen MR) is 161 cm³/mol. The maximum absolute atomic E-state index is 12.9. The van der Waals surface area contributed by atoms with Crippen molar-refractivity contribution in [2.24, 2.45) is 0 Å². The second kappa shape index (κ2) is 12.0. The number of benzene rings is 2. The zero-order valence-electron chi connectivity index (χ0n) is 22.7. The molecule has 0 fully saturated rings. The van der Waals surface area contributed by atoms with Gasteiger partial charge in [0.15, 0.2) is 11.0 Å². The Hall–Kier alpha value is -4.02. The molecule has 40 heavy (non-hydrogen) atoms. The number of pyridine rings is 1. The van der Waals surface area contributed by atoms with Gasteiger partial charge >= 0.3 is 5.97 Å². The summed E-state index contributed by atoms with van der Waals surface area (Å²) >= 11 is 2.68. The van der Waals surface area contributed by atoms with Crippen LogP contribution >= 0.6 is 23.1 Å². The highest BCUT2D eigenvalue weighted by atomic mass is 32.2. The molecule has 0 aliphatic heterocycles. The SMILES string of the molecule is CCOC(=O)c1c(NC(=O)CSc2nnc(-c3cc(-c4ccccc4)nc4ccccc34)n2CC)sc(C)c1C. The van der Waals surface area contributed by atoms with Gasteiger partial charge in [-0.2, -0.15) is 0 Å². The van der Waals surface area contributed by atoms with Crippen LogP contribution in [-0.2, 0) is 16.1 Å². The molecule has 1 amide bonds. The van der Waals surface area contributed by atoms with E-state index < -0.39 is 5.97 Å². The minimum absolute atomic E-state index is 0.114. The molecule has 8 nitrogen and oxygen atoms in total. The lowest BCUT2D eigenvalue weighted by Crippen LogP contribution is -2.17. The third kappa shape index (κ3) is 5.50. The number of carbonyl (C=O) groups is 2. The average molecular weight is 572 g/mol. The first-order valence-corrected chi connectivity index (χ1v) is 14.8. The highest BCUT2D eigenvalue weighted by Crippen LogP contribution is 2.35. The summed E-state index contributed by atoms with van der Waals surface area (Å²) in [5.74, 6) is 0.171. The first-order valence-electron chi connectivity index (χ1n) is 13.0. The number of aromatic nitrogens is 4. The zero-order chi connectivity index (χ0) is 28.2. The van der Waals surface area contributed by atoms with Crippen molar-refractivity contribution in [1.82, 2.24) is 19.7 Å². The number of esters is 1. The van der Waals surface area contributed by atoms with Gasteiger partial charge in [0.25, 0.3) is 0 Å². The van der Waals surface area contributed by atoms with E-state index in [0.717, 1.165) is 44.0 Å². The molecular formula is C30H29N5O3S2. The average Bonchev–Trinajstić information content (AvgIpc) is 3.50. The summed E-state index contributed by atoms with van der Waals surface area (Å²) < 4.78 is 7.21. The van der Waals surface area contributed by atoms with Gasteiger partial charge in [0.05, 0.1) is 29.1 Å². The number of nitrogens with one attached hydrogen (secondary N) is 1. The zero-order valence-corrected chi connectivity index (χ0v) is 24.4. The van der Waals surface area contributed by atoms with Crippen molar-refractivity contribution in [2.45, 2.75) is 39.4 Å². The summed E-state index contributed by atoms with van der Waals surface area (Å²) in [7, 11) is 0. The fraction of sp³-hybridized carbons (Fsp3) is 0.233. The first-order chi connectivity index (χ1) is 19.4. The Labute approximate surface area is 240 Å². The lowest BCUT2D eigenvalue weighted by atomic mass is 10.0. The van der Waals surface area contributed by atoms with E-state index in [1.54, 1.807) is 6.92 Å². The summed E-state index contributed by atoms with van der Waals surface area (Å²) in [5, 5.41) is 14.0. The van der Waals surface area contributed by atoms with Crippen LogP contribution in [0.2, 0.25) is 0 Å². The number of para-hydroxylation sites is 1. The topological polar surface area (TPSA) is 99.0 Å². The minimum atomic E-state index is -0.429. The molecule has 0 aliphatic carbocycles. The third-order valence-electron chi connectivity index (χ3n) is 6.51. The van der Waals surface area contributed by atoms with Crippen LogP contribution in [0.25, 0.3) is 33.5 Å². The van der Waals surface area contributed by atoms with Crippen molar-refractivity contribution in [2.75, 3.05) is 17.7 Å². The molecule has 0 atom stereocenters. The molecule has 3 aromatic heterocycles. The Bertz CT molecular complexity index is 1690. The smallest absolute Gasteiger partial charge is 0.341 e. The second-order valence-corrected chi connectivity index (χ2v) is 11.2. The molecule has 0 radical (unpaired) electrons. The molecule has 2 aromatic carbocycles. The number of hydrogen-bond donors (Lipinski definition) is 1. The summed E-state index contributed by atoms with van der Waals surface area (Å²) in [6.45, 7) is 8.47. The molecule has 1 N–H and O–H groups in total. The Kier molecular flexibility index (Phi) is 8.27. The van der Waals surface area contributed by atoms with E-state index in [2.05, 4.69) is 15.5 Å². The van der Waals surface area contributed by atoms with Crippen LogP contribution in [0.3, 0.4) is 0 Å². The fourth-order valence-corrected chi connectivity index (χ4v) is 6.32. The van der Waals surface area contributed by atoms with Crippen LogP contribution in [0.4, 0.5) is 5.00 Å². The monoisotopic (exact) mass is 571 g/mol. The van der Waals surface area contributed by atoms with Crippen molar-refractivity contribution in [3.05, 3.63) is 76.7 Å². The highest BCUT2D eigenvalue weighted by Gasteiger charge is 2.23. The molecule has 0 saturated heterocycles. The largest absolute Gasteiger partial charge is 0.462 e. The van der Waals surface area contributed by atoms with E-state index in [9.17, 15) is 9.59 Å². The van der Waals surface area contributed by atoms with Crippen molar-refractivity contribution >= 4 is 50.9 Å². The summed E-state index contributed by atoms with van der Waals surface area (Å²) in [6, 6.07) is 20.1. The maximum atomic E-state index is 12.9. The van der Waals surface area contributed by atoms with Crippen molar-refractivity contribution in [3.63, 3.8) is 0 Å². The minimum Gasteiger partial charge on any atom is -0.462 e. The van der Waals surface area contributed by atoms with Gasteiger partial charge in [-0.1, -0.05) is 60.3 Å². The molecule has 10 heteroatoms.